The number of hydrogen-bond donors (Lipinski definition) is 2. The first-order valence-corrected chi connectivity index (χ1v) is 5.44. The summed E-state index contributed by atoms with van der Waals surface area (Å²) >= 11 is 0. The maximum atomic E-state index is 11.6. The first-order valence-electron chi connectivity index (χ1n) is 5.44. The Labute approximate surface area is 106 Å². The van der Waals surface area contributed by atoms with Crippen molar-refractivity contribution in [2.45, 2.75) is 12.5 Å². The molecule has 18 heavy (non-hydrogen) atoms. The average molecular weight is 248 g/mol. The third-order valence-corrected chi connectivity index (χ3v) is 2.33. The molecule has 5 heteroatoms. The quantitative estimate of drug-likeness (QED) is 0.608. The zero-order valence-electron chi connectivity index (χ0n) is 10.2. The molecule has 0 aliphatic heterocycles. The van der Waals surface area contributed by atoms with Gasteiger partial charge in [-0.05, 0) is 30.7 Å². The topological polar surface area (TPSA) is 81.4 Å². The fourth-order valence-electron chi connectivity index (χ4n) is 1.33. The number of hydrogen-bond acceptors (Lipinski definition) is 4. The number of benzene rings is 1. The second-order valence-corrected chi connectivity index (χ2v) is 3.69. The molecule has 0 aliphatic rings. The van der Waals surface area contributed by atoms with Gasteiger partial charge in [-0.3, -0.25) is 4.79 Å². The largest absolute Gasteiger partial charge is 0.465 e. The minimum absolute atomic E-state index is 0.291. The Balaban J connectivity index is 2.66. The highest BCUT2D eigenvalue weighted by atomic mass is 16.5. The molecule has 5 nitrogen and oxygen atoms in total. The maximum Gasteiger partial charge on any atom is 0.337 e. The molecule has 0 saturated heterocycles. The fourth-order valence-corrected chi connectivity index (χ4v) is 1.33. The van der Waals surface area contributed by atoms with Gasteiger partial charge >= 0.3 is 5.97 Å². The van der Waals surface area contributed by atoms with Gasteiger partial charge in [-0.1, -0.05) is 6.08 Å². The molecule has 3 N–H and O–H groups in total. The number of methoxy groups -OCH3 is 1. The maximum absolute atomic E-state index is 11.6. The molecule has 0 spiro atoms. The van der Waals surface area contributed by atoms with Crippen molar-refractivity contribution in [1.29, 1.82) is 0 Å². The van der Waals surface area contributed by atoms with E-state index in [-0.39, 0.29) is 5.91 Å². The van der Waals surface area contributed by atoms with Gasteiger partial charge in [0.2, 0.25) is 5.91 Å². The number of nitrogens with two attached hydrogens (primary N) is 1. The van der Waals surface area contributed by atoms with E-state index in [1.807, 2.05) is 0 Å². The summed E-state index contributed by atoms with van der Waals surface area (Å²) in [4.78, 5) is 22.8. The minimum Gasteiger partial charge on any atom is -0.465 e. The Morgan fingerprint density at radius 1 is 1.44 bits per heavy atom. The van der Waals surface area contributed by atoms with E-state index in [4.69, 9.17) is 5.73 Å². The first-order chi connectivity index (χ1) is 8.58. The number of carbonyl (C=O) groups excluding carboxylic acids is 2. The lowest BCUT2D eigenvalue weighted by Gasteiger charge is -2.10. The van der Waals surface area contributed by atoms with Crippen LogP contribution in [0.25, 0.3) is 0 Å². The molecule has 1 aromatic carbocycles. The van der Waals surface area contributed by atoms with Crippen molar-refractivity contribution in [2.24, 2.45) is 5.73 Å². The highest BCUT2D eigenvalue weighted by Crippen LogP contribution is 2.10. The van der Waals surface area contributed by atoms with E-state index in [1.165, 1.54) is 7.11 Å². The molecule has 0 saturated carbocycles. The molecule has 0 aliphatic carbocycles. The van der Waals surface area contributed by atoms with Gasteiger partial charge in [-0.25, -0.2) is 4.79 Å². The summed E-state index contributed by atoms with van der Waals surface area (Å²) in [7, 11) is 1.31. The van der Waals surface area contributed by atoms with E-state index in [9.17, 15) is 9.59 Å². The predicted molar refractivity (Wildman–Crippen MR) is 69.2 cm³/mol. The Morgan fingerprint density at radius 3 is 2.56 bits per heavy atom. The van der Waals surface area contributed by atoms with Crippen molar-refractivity contribution < 1.29 is 14.3 Å². The second kappa shape index (κ2) is 6.56. The molecule has 0 fully saturated rings. The Bertz CT molecular complexity index is 440. The molecule has 1 amide bonds. The fraction of sp³-hybridized carbons (Fsp3) is 0.231. The summed E-state index contributed by atoms with van der Waals surface area (Å²) in [6.45, 7) is 3.52. The van der Waals surface area contributed by atoms with Crippen LogP contribution in [0.5, 0.6) is 0 Å². The van der Waals surface area contributed by atoms with E-state index in [2.05, 4.69) is 16.6 Å². The van der Waals surface area contributed by atoms with Crippen molar-refractivity contribution in [3.05, 3.63) is 42.5 Å². The van der Waals surface area contributed by atoms with E-state index in [1.54, 1.807) is 30.3 Å². The number of esters is 1. The summed E-state index contributed by atoms with van der Waals surface area (Å²) in [5, 5.41) is 2.65. The van der Waals surface area contributed by atoms with Crippen molar-refractivity contribution in [3.8, 4) is 0 Å². The zero-order chi connectivity index (χ0) is 13.5. The number of anilines is 1. The van der Waals surface area contributed by atoms with Gasteiger partial charge in [-0.2, -0.15) is 0 Å². The second-order valence-electron chi connectivity index (χ2n) is 3.69. The third-order valence-electron chi connectivity index (χ3n) is 2.33. The molecule has 1 unspecified atom stereocenters. The molecular formula is C13H16N2O3. The van der Waals surface area contributed by atoms with Crippen LogP contribution in [0.2, 0.25) is 0 Å². The van der Waals surface area contributed by atoms with Crippen LogP contribution in [0.4, 0.5) is 5.69 Å². The van der Waals surface area contributed by atoms with Gasteiger partial charge in [0, 0.05) is 5.69 Å². The van der Waals surface area contributed by atoms with Crippen molar-refractivity contribution in [3.63, 3.8) is 0 Å². The van der Waals surface area contributed by atoms with Crippen LogP contribution < -0.4 is 11.1 Å². The molecule has 1 atom stereocenters. The van der Waals surface area contributed by atoms with Crippen LogP contribution in [0.15, 0.2) is 36.9 Å². The molecule has 0 bridgehead atoms. The standard InChI is InChI=1S/C13H16N2O3/c1-3-4-11(14)12(16)15-10-7-5-9(6-8-10)13(17)18-2/h3,5-8,11H,1,4,14H2,2H3,(H,15,16). The number of ether oxygens (including phenoxy) is 1. The van der Waals surface area contributed by atoms with Crippen LogP contribution >= 0.6 is 0 Å². The van der Waals surface area contributed by atoms with Crippen LogP contribution in [-0.4, -0.2) is 25.0 Å². The van der Waals surface area contributed by atoms with E-state index >= 15 is 0 Å². The Morgan fingerprint density at radius 2 is 2.06 bits per heavy atom. The molecule has 1 aromatic rings. The molecule has 1 rings (SSSR count). The van der Waals surface area contributed by atoms with Crippen LogP contribution in [0.1, 0.15) is 16.8 Å². The van der Waals surface area contributed by atoms with Gasteiger partial charge in [0.1, 0.15) is 0 Å². The van der Waals surface area contributed by atoms with Gasteiger partial charge in [0.25, 0.3) is 0 Å². The van der Waals surface area contributed by atoms with E-state index < -0.39 is 12.0 Å². The van der Waals surface area contributed by atoms with Gasteiger partial charge < -0.3 is 15.8 Å². The van der Waals surface area contributed by atoms with Crippen molar-refractivity contribution in [1.82, 2.24) is 0 Å². The number of rotatable bonds is 5. The van der Waals surface area contributed by atoms with Crippen LogP contribution in [-0.2, 0) is 9.53 Å². The normalized spacial score (nSPS) is 11.4. The van der Waals surface area contributed by atoms with E-state index in [0.29, 0.717) is 17.7 Å². The minimum atomic E-state index is -0.622. The summed E-state index contributed by atoms with van der Waals surface area (Å²) in [6.07, 6.45) is 2.00. The lowest BCUT2D eigenvalue weighted by Crippen LogP contribution is -2.35. The zero-order valence-corrected chi connectivity index (χ0v) is 10.2. The molecule has 0 aromatic heterocycles. The lowest BCUT2D eigenvalue weighted by atomic mass is 10.2. The monoisotopic (exact) mass is 248 g/mol. The number of carbonyl (C=O) groups is 2. The molecule has 0 radical (unpaired) electrons. The van der Waals surface area contributed by atoms with Crippen molar-refractivity contribution in [2.75, 3.05) is 12.4 Å². The number of amides is 1. The van der Waals surface area contributed by atoms with Gasteiger partial charge in [-0.15, -0.1) is 6.58 Å². The summed E-state index contributed by atoms with van der Waals surface area (Å²) in [5.41, 5.74) is 6.62. The summed E-state index contributed by atoms with van der Waals surface area (Å²) in [6, 6.07) is 5.75. The lowest BCUT2D eigenvalue weighted by molar-refractivity contribution is -0.117. The summed E-state index contributed by atoms with van der Waals surface area (Å²) in [5.74, 6) is -0.711. The average Bonchev–Trinajstić information content (AvgIpc) is 2.39. The van der Waals surface area contributed by atoms with E-state index in [0.717, 1.165) is 0 Å². The Hall–Kier alpha value is -2.14. The summed E-state index contributed by atoms with van der Waals surface area (Å²) < 4.78 is 4.57. The molecular weight excluding hydrogens is 232 g/mol. The highest BCUT2D eigenvalue weighted by molar-refractivity contribution is 5.95. The molecule has 96 valence electrons. The first kappa shape index (κ1) is 13.9. The van der Waals surface area contributed by atoms with Gasteiger partial charge in [0.05, 0.1) is 18.7 Å². The van der Waals surface area contributed by atoms with Crippen molar-refractivity contribution >= 4 is 17.6 Å². The Kier molecular flexibility index (Phi) is 5.07. The number of nitrogens with one attached hydrogen (secondary N) is 1. The SMILES string of the molecule is C=CCC(N)C(=O)Nc1ccc(C(=O)OC)cc1. The third kappa shape index (κ3) is 3.71. The predicted octanol–water partition coefficient (Wildman–Crippen LogP) is 1.32. The van der Waals surface area contributed by atoms with Gasteiger partial charge in [0.15, 0.2) is 0 Å². The van der Waals surface area contributed by atoms with Crippen LogP contribution in [0.3, 0.4) is 0 Å². The highest BCUT2D eigenvalue weighted by Gasteiger charge is 2.12. The molecule has 0 heterocycles. The van der Waals surface area contributed by atoms with Crippen LogP contribution in [0, 0.1) is 0 Å². The smallest absolute Gasteiger partial charge is 0.337 e.